The molecule has 1 aromatic rings. The molecule has 18 heavy (non-hydrogen) atoms. The smallest absolute Gasteiger partial charge is 0.164 e. The third-order valence-corrected chi connectivity index (χ3v) is 3.00. The van der Waals surface area contributed by atoms with Gasteiger partial charge in [-0.1, -0.05) is 6.92 Å². The van der Waals surface area contributed by atoms with E-state index in [9.17, 15) is 9.50 Å². The second kappa shape index (κ2) is 5.57. The molecule has 0 aliphatic rings. The summed E-state index contributed by atoms with van der Waals surface area (Å²) in [7, 11) is 3.05. The molecular weight excluding hydrogens is 235 g/mol. The molecule has 4 heteroatoms. The van der Waals surface area contributed by atoms with Crippen molar-refractivity contribution in [3.05, 3.63) is 23.3 Å². The zero-order valence-electron chi connectivity index (χ0n) is 11.6. The molecule has 0 radical (unpaired) electrons. The molecule has 102 valence electrons. The Morgan fingerprint density at radius 3 is 2.28 bits per heavy atom. The van der Waals surface area contributed by atoms with Crippen LogP contribution in [0, 0.1) is 0 Å². The number of aliphatic hydroxyl groups excluding tert-OH is 1. The van der Waals surface area contributed by atoms with Gasteiger partial charge >= 0.3 is 0 Å². The van der Waals surface area contributed by atoms with E-state index in [0.717, 1.165) is 5.56 Å². The molecule has 1 aromatic carbocycles. The molecular formula is C14H21FO3. The Morgan fingerprint density at radius 2 is 1.89 bits per heavy atom. The molecule has 1 rings (SSSR count). The first-order valence-corrected chi connectivity index (χ1v) is 5.91. The summed E-state index contributed by atoms with van der Waals surface area (Å²) in [6.45, 7) is 4.80. The van der Waals surface area contributed by atoms with Gasteiger partial charge in [-0.25, -0.2) is 4.39 Å². The van der Waals surface area contributed by atoms with Gasteiger partial charge in [-0.3, -0.25) is 0 Å². The third kappa shape index (κ3) is 2.93. The van der Waals surface area contributed by atoms with Gasteiger partial charge in [-0.15, -0.1) is 0 Å². The standard InChI is InChI=1S/C14H21FO3/c1-9(8-16)11-6-10(14(2,3)15)7-12(17-4)13(11)18-5/h6-7,9,16H,8H2,1-5H3. The van der Waals surface area contributed by atoms with Crippen LogP contribution in [0.15, 0.2) is 12.1 Å². The zero-order chi connectivity index (χ0) is 13.9. The predicted octanol–water partition coefficient (Wildman–Crippen LogP) is 3.00. The third-order valence-electron chi connectivity index (χ3n) is 3.00. The van der Waals surface area contributed by atoms with Gasteiger partial charge in [-0.05, 0) is 31.5 Å². The second-order valence-electron chi connectivity index (χ2n) is 4.86. The van der Waals surface area contributed by atoms with Crippen LogP contribution in [0.25, 0.3) is 0 Å². The summed E-state index contributed by atoms with van der Waals surface area (Å²) in [6, 6.07) is 3.36. The Balaban J connectivity index is 3.45. The van der Waals surface area contributed by atoms with E-state index in [0.29, 0.717) is 17.1 Å². The Kier molecular flexibility index (Phi) is 4.57. The Bertz CT molecular complexity index is 410. The largest absolute Gasteiger partial charge is 0.493 e. The molecule has 1 atom stereocenters. The van der Waals surface area contributed by atoms with Gasteiger partial charge < -0.3 is 14.6 Å². The van der Waals surface area contributed by atoms with Crippen LogP contribution < -0.4 is 9.47 Å². The van der Waals surface area contributed by atoms with E-state index >= 15 is 0 Å². The molecule has 0 saturated carbocycles. The van der Waals surface area contributed by atoms with E-state index < -0.39 is 5.67 Å². The van der Waals surface area contributed by atoms with Gasteiger partial charge in [0.2, 0.25) is 0 Å². The van der Waals surface area contributed by atoms with Crippen molar-refractivity contribution in [1.29, 1.82) is 0 Å². The lowest BCUT2D eigenvalue weighted by atomic mass is 9.92. The van der Waals surface area contributed by atoms with Gasteiger partial charge in [0.1, 0.15) is 5.67 Å². The number of hydrogen-bond acceptors (Lipinski definition) is 3. The first-order valence-electron chi connectivity index (χ1n) is 5.91. The summed E-state index contributed by atoms with van der Waals surface area (Å²) in [5, 5.41) is 9.28. The first-order chi connectivity index (χ1) is 8.35. The summed E-state index contributed by atoms with van der Waals surface area (Å²) in [5.74, 6) is 0.888. The lowest BCUT2D eigenvalue weighted by Crippen LogP contribution is -2.12. The van der Waals surface area contributed by atoms with Crippen molar-refractivity contribution in [3.63, 3.8) is 0 Å². The molecule has 0 saturated heterocycles. The summed E-state index contributed by atoms with van der Waals surface area (Å²) in [6.07, 6.45) is 0. The second-order valence-corrected chi connectivity index (χ2v) is 4.86. The topological polar surface area (TPSA) is 38.7 Å². The van der Waals surface area contributed by atoms with Crippen molar-refractivity contribution >= 4 is 0 Å². The van der Waals surface area contributed by atoms with Crippen molar-refractivity contribution < 1.29 is 19.0 Å². The van der Waals surface area contributed by atoms with Crippen LogP contribution in [0.3, 0.4) is 0 Å². The molecule has 0 spiro atoms. The number of rotatable bonds is 5. The van der Waals surface area contributed by atoms with Crippen LogP contribution in [0.1, 0.15) is 37.8 Å². The monoisotopic (exact) mass is 256 g/mol. The lowest BCUT2D eigenvalue weighted by molar-refractivity contribution is 0.219. The summed E-state index contributed by atoms with van der Waals surface area (Å²) < 4.78 is 24.6. The van der Waals surface area contributed by atoms with Crippen LogP contribution in [-0.2, 0) is 5.67 Å². The van der Waals surface area contributed by atoms with Crippen LogP contribution in [0.2, 0.25) is 0 Å². The van der Waals surface area contributed by atoms with Gasteiger partial charge in [0.25, 0.3) is 0 Å². The van der Waals surface area contributed by atoms with Crippen molar-refractivity contribution in [2.24, 2.45) is 0 Å². The van der Waals surface area contributed by atoms with Crippen molar-refractivity contribution in [1.82, 2.24) is 0 Å². The molecule has 0 fully saturated rings. The molecule has 1 N–H and O–H groups in total. The Hall–Kier alpha value is -1.29. The number of aliphatic hydroxyl groups is 1. The number of hydrogen-bond donors (Lipinski definition) is 1. The van der Waals surface area contributed by atoms with Gasteiger partial charge in [-0.2, -0.15) is 0 Å². The lowest BCUT2D eigenvalue weighted by Gasteiger charge is -2.22. The van der Waals surface area contributed by atoms with Crippen molar-refractivity contribution in [3.8, 4) is 11.5 Å². The molecule has 0 amide bonds. The SMILES string of the molecule is COc1cc(C(C)(C)F)cc(C(C)CO)c1OC. The number of methoxy groups -OCH3 is 2. The van der Waals surface area contributed by atoms with Crippen molar-refractivity contribution in [2.45, 2.75) is 32.4 Å². The van der Waals surface area contributed by atoms with Crippen molar-refractivity contribution in [2.75, 3.05) is 20.8 Å². The van der Waals surface area contributed by atoms with E-state index in [4.69, 9.17) is 9.47 Å². The summed E-state index contributed by atoms with van der Waals surface area (Å²) >= 11 is 0. The van der Waals surface area contributed by atoms with E-state index in [2.05, 4.69) is 0 Å². The molecule has 3 nitrogen and oxygen atoms in total. The van der Waals surface area contributed by atoms with E-state index in [1.54, 1.807) is 12.1 Å². The molecule has 0 aromatic heterocycles. The van der Waals surface area contributed by atoms with Gasteiger partial charge in [0.05, 0.1) is 14.2 Å². The van der Waals surface area contributed by atoms with Crippen LogP contribution >= 0.6 is 0 Å². The fourth-order valence-corrected chi connectivity index (χ4v) is 1.80. The minimum absolute atomic E-state index is 0.0321. The predicted molar refractivity (Wildman–Crippen MR) is 69.2 cm³/mol. The summed E-state index contributed by atoms with van der Waals surface area (Å²) in [4.78, 5) is 0. The Morgan fingerprint density at radius 1 is 1.28 bits per heavy atom. The number of halogens is 1. The first kappa shape index (κ1) is 14.8. The van der Waals surface area contributed by atoms with Gasteiger partial charge in [0.15, 0.2) is 11.5 Å². The molecule has 0 heterocycles. The Labute approximate surface area is 108 Å². The highest BCUT2D eigenvalue weighted by atomic mass is 19.1. The minimum atomic E-state index is -1.47. The highest BCUT2D eigenvalue weighted by Crippen LogP contribution is 2.40. The van der Waals surface area contributed by atoms with E-state index in [1.165, 1.54) is 28.1 Å². The zero-order valence-corrected chi connectivity index (χ0v) is 11.6. The normalized spacial score (nSPS) is 13.3. The minimum Gasteiger partial charge on any atom is -0.493 e. The van der Waals surface area contributed by atoms with E-state index in [-0.39, 0.29) is 12.5 Å². The van der Waals surface area contributed by atoms with E-state index in [1.807, 2.05) is 6.92 Å². The maximum absolute atomic E-state index is 14.1. The fourth-order valence-electron chi connectivity index (χ4n) is 1.80. The number of ether oxygens (including phenoxy) is 2. The fraction of sp³-hybridized carbons (Fsp3) is 0.571. The van der Waals surface area contributed by atoms with Crippen LogP contribution in [0.5, 0.6) is 11.5 Å². The highest BCUT2D eigenvalue weighted by molar-refractivity contribution is 5.52. The molecule has 0 aliphatic heterocycles. The number of benzene rings is 1. The molecule has 0 aliphatic carbocycles. The van der Waals surface area contributed by atoms with Crippen LogP contribution in [-0.4, -0.2) is 25.9 Å². The quantitative estimate of drug-likeness (QED) is 0.880. The maximum Gasteiger partial charge on any atom is 0.164 e. The van der Waals surface area contributed by atoms with Crippen LogP contribution in [0.4, 0.5) is 4.39 Å². The summed E-state index contributed by atoms with van der Waals surface area (Å²) in [5.41, 5.74) is -0.209. The maximum atomic E-state index is 14.1. The number of alkyl halides is 1. The molecule has 1 unspecified atom stereocenters. The highest BCUT2D eigenvalue weighted by Gasteiger charge is 2.25. The van der Waals surface area contributed by atoms with Gasteiger partial charge in [0, 0.05) is 18.1 Å². The average Bonchev–Trinajstić information content (AvgIpc) is 2.34. The molecule has 0 bridgehead atoms. The average molecular weight is 256 g/mol.